The Hall–Kier alpha value is -3.39. The molecule has 0 aliphatic carbocycles. The first-order chi connectivity index (χ1) is 14.6. The van der Waals surface area contributed by atoms with E-state index in [9.17, 15) is 9.59 Å². The number of carbonyl (C=O) groups is 2. The van der Waals surface area contributed by atoms with Gasteiger partial charge in [-0.3, -0.25) is 4.79 Å². The summed E-state index contributed by atoms with van der Waals surface area (Å²) in [5.74, 6) is -0.913. The highest BCUT2D eigenvalue weighted by Gasteiger charge is 2.17. The van der Waals surface area contributed by atoms with Crippen LogP contribution in [0, 0.1) is 0 Å². The van der Waals surface area contributed by atoms with Gasteiger partial charge in [-0.1, -0.05) is 18.2 Å². The van der Waals surface area contributed by atoms with Crippen molar-refractivity contribution in [1.82, 2.24) is 14.7 Å². The van der Waals surface area contributed by atoms with Gasteiger partial charge in [0, 0.05) is 25.8 Å². The van der Waals surface area contributed by atoms with E-state index in [0.717, 1.165) is 11.3 Å². The van der Waals surface area contributed by atoms with Crippen molar-refractivity contribution >= 4 is 11.9 Å². The van der Waals surface area contributed by atoms with Crippen molar-refractivity contribution in [1.29, 1.82) is 0 Å². The Labute approximate surface area is 174 Å². The number of para-hydroxylation sites is 1. The summed E-state index contributed by atoms with van der Waals surface area (Å²) in [7, 11) is 0. The predicted octanol–water partition coefficient (Wildman–Crippen LogP) is 3.16. The third-order valence-corrected chi connectivity index (χ3v) is 4.57. The number of aryl methyl sites for hydroxylation is 1. The molecule has 0 fully saturated rings. The average molecular weight is 411 g/mol. The molecule has 3 aromatic rings. The molecule has 0 aliphatic heterocycles. The zero-order valence-corrected chi connectivity index (χ0v) is 16.9. The van der Waals surface area contributed by atoms with Crippen LogP contribution in [0.1, 0.15) is 35.2 Å². The van der Waals surface area contributed by atoms with Crippen LogP contribution in [0.5, 0.6) is 0 Å². The van der Waals surface area contributed by atoms with E-state index < -0.39 is 5.97 Å². The van der Waals surface area contributed by atoms with E-state index in [-0.39, 0.29) is 18.2 Å². The van der Waals surface area contributed by atoms with E-state index in [0.29, 0.717) is 38.4 Å². The van der Waals surface area contributed by atoms with E-state index in [2.05, 4.69) is 5.10 Å². The van der Waals surface area contributed by atoms with Crippen molar-refractivity contribution in [2.45, 2.75) is 26.3 Å². The number of nitrogens with zero attached hydrogens (tertiary/aromatic N) is 3. The van der Waals surface area contributed by atoms with Gasteiger partial charge in [0.15, 0.2) is 0 Å². The number of hydrogen-bond donors (Lipinski definition) is 1. The van der Waals surface area contributed by atoms with Gasteiger partial charge in [0.05, 0.1) is 25.0 Å². The molecule has 3 rings (SSSR count). The molecule has 30 heavy (non-hydrogen) atoms. The SMILES string of the molecule is CCOCCN(Cc1ccc(C(=O)O)o1)C(=O)CCc1cnn(-c2ccccc2)c1. The lowest BCUT2D eigenvalue weighted by Gasteiger charge is -2.21. The molecule has 0 saturated heterocycles. The minimum Gasteiger partial charge on any atom is -0.475 e. The van der Waals surface area contributed by atoms with Crippen LogP contribution in [0.2, 0.25) is 0 Å². The molecule has 0 spiro atoms. The maximum absolute atomic E-state index is 12.8. The predicted molar refractivity (Wildman–Crippen MR) is 109 cm³/mol. The highest BCUT2D eigenvalue weighted by molar-refractivity contribution is 5.84. The standard InChI is InChI=1S/C22H25N3O5/c1-2-29-13-12-24(16-19-9-10-20(30-19)22(27)28)21(26)11-8-17-14-23-25(15-17)18-6-4-3-5-7-18/h3-7,9-10,14-15H,2,8,11-13,16H2,1H3,(H,27,28). The minimum atomic E-state index is -1.14. The van der Waals surface area contributed by atoms with Crippen LogP contribution in [-0.4, -0.2) is 51.4 Å². The highest BCUT2D eigenvalue weighted by atomic mass is 16.5. The second-order valence-corrected chi connectivity index (χ2v) is 6.71. The van der Waals surface area contributed by atoms with Gasteiger partial charge in [0.2, 0.25) is 11.7 Å². The van der Waals surface area contributed by atoms with Gasteiger partial charge >= 0.3 is 5.97 Å². The van der Waals surface area contributed by atoms with E-state index in [4.69, 9.17) is 14.3 Å². The molecule has 0 atom stereocenters. The Kier molecular flexibility index (Phi) is 7.40. The average Bonchev–Trinajstić information content (AvgIpc) is 3.42. The lowest BCUT2D eigenvalue weighted by molar-refractivity contribution is -0.132. The fourth-order valence-corrected chi connectivity index (χ4v) is 3.00. The third-order valence-electron chi connectivity index (χ3n) is 4.57. The molecule has 2 heterocycles. The molecule has 0 unspecified atom stereocenters. The monoisotopic (exact) mass is 411 g/mol. The van der Waals surface area contributed by atoms with Gasteiger partial charge in [-0.05, 0) is 43.2 Å². The van der Waals surface area contributed by atoms with Crippen molar-refractivity contribution in [3.05, 3.63) is 71.9 Å². The summed E-state index contributed by atoms with van der Waals surface area (Å²) in [5, 5.41) is 13.4. The summed E-state index contributed by atoms with van der Waals surface area (Å²) < 4.78 is 12.5. The summed E-state index contributed by atoms with van der Waals surface area (Å²) in [4.78, 5) is 25.5. The zero-order valence-electron chi connectivity index (χ0n) is 16.9. The second-order valence-electron chi connectivity index (χ2n) is 6.71. The van der Waals surface area contributed by atoms with Crippen LogP contribution in [0.3, 0.4) is 0 Å². The van der Waals surface area contributed by atoms with Gasteiger partial charge in [0.1, 0.15) is 5.76 Å². The van der Waals surface area contributed by atoms with Gasteiger partial charge in [0.25, 0.3) is 0 Å². The van der Waals surface area contributed by atoms with Crippen LogP contribution >= 0.6 is 0 Å². The van der Waals surface area contributed by atoms with E-state index >= 15 is 0 Å². The molecular weight excluding hydrogens is 386 g/mol. The molecule has 8 nitrogen and oxygen atoms in total. The first kappa shape index (κ1) is 21.3. The number of furan rings is 1. The van der Waals surface area contributed by atoms with Crippen LogP contribution in [-0.2, 0) is 22.5 Å². The molecule has 0 saturated carbocycles. The normalized spacial score (nSPS) is 10.8. The lowest BCUT2D eigenvalue weighted by atomic mass is 10.2. The second kappa shape index (κ2) is 10.4. The van der Waals surface area contributed by atoms with E-state index in [1.165, 1.54) is 6.07 Å². The topological polar surface area (TPSA) is 97.8 Å². The highest BCUT2D eigenvalue weighted by Crippen LogP contribution is 2.14. The number of carboxylic acid groups (broad SMARTS) is 1. The fourth-order valence-electron chi connectivity index (χ4n) is 3.00. The summed E-state index contributed by atoms with van der Waals surface area (Å²) in [5.41, 5.74) is 1.92. The third kappa shape index (κ3) is 5.81. The van der Waals surface area contributed by atoms with Gasteiger partial charge < -0.3 is 19.2 Å². The smallest absolute Gasteiger partial charge is 0.371 e. The first-order valence-corrected chi connectivity index (χ1v) is 9.83. The molecule has 0 bridgehead atoms. The molecule has 1 amide bonds. The number of rotatable bonds is 11. The number of benzene rings is 1. The van der Waals surface area contributed by atoms with Crippen LogP contribution < -0.4 is 0 Å². The Bertz CT molecular complexity index is 964. The van der Waals surface area contributed by atoms with Crippen molar-refractivity contribution in [3.8, 4) is 5.69 Å². The Morgan fingerprint density at radius 1 is 1.20 bits per heavy atom. The minimum absolute atomic E-state index is 0.0598. The maximum atomic E-state index is 12.8. The number of hydrogen-bond acceptors (Lipinski definition) is 5. The van der Waals surface area contributed by atoms with Gasteiger partial charge in [-0.25, -0.2) is 9.48 Å². The molecule has 2 aromatic heterocycles. The Morgan fingerprint density at radius 3 is 2.70 bits per heavy atom. The fraction of sp³-hybridized carbons (Fsp3) is 0.318. The molecule has 8 heteroatoms. The molecule has 158 valence electrons. The Balaban J connectivity index is 1.61. The molecule has 1 N–H and O–H groups in total. The number of aromatic carboxylic acids is 1. The van der Waals surface area contributed by atoms with Crippen LogP contribution in [0.15, 0.2) is 59.3 Å². The number of carbonyl (C=O) groups excluding carboxylic acids is 1. The number of ether oxygens (including phenoxy) is 1. The largest absolute Gasteiger partial charge is 0.475 e. The summed E-state index contributed by atoms with van der Waals surface area (Å²) >= 11 is 0. The Morgan fingerprint density at radius 2 is 2.00 bits per heavy atom. The number of carboxylic acids is 1. The van der Waals surface area contributed by atoms with E-state index in [1.54, 1.807) is 21.8 Å². The summed E-state index contributed by atoms with van der Waals surface area (Å²) in [6.45, 7) is 3.45. The summed E-state index contributed by atoms with van der Waals surface area (Å²) in [6, 6.07) is 12.7. The maximum Gasteiger partial charge on any atom is 0.371 e. The quantitative estimate of drug-likeness (QED) is 0.487. The van der Waals surface area contributed by atoms with E-state index in [1.807, 2.05) is 43.5 Å². The zero-order chi connectivity index (χ0) is 21.3. The molecular formula is C22H25N3O5. The molecule has 0 aliphatic rings. The number of amides is 1. The van der Waals surface area contributed by atoms with Crippen molar-refractivity contribution in [2.75, 3.05) is 19.8 Å². The lowest BCUT2D eigenvalue weighted by Crippen LogP contribution is -2.33. The molecule has 0 radical (unpaired) electrons. The van der Waals surface area contributed by atoms with Crippen LogP contribution in [0.4, 0.5) is 0 Å². The van der Waals surface area contributed by atoms with Gasteiger partial charge in [-0.2, -0.15) is 5.10 Å². The van der Waals surface area contributed by atoms with Crippen LogP contribution in [0.25, 0.3) is 5.69 Å². The first-order valence-electron chi connectivity index (χ1n) is 9.83. The van der Waals surface area contributed by atoms with Crippen molar-refractivity contribution in [3.63, 3.8) is 0 Å². The summed E-state index contributed by atoms with van der Waals surface area (Å²) in [6.07, 6.45) is 4.53. The van der Waals surface area contributed by atoms with Gasteiger partial charge in [-0.15, -0.1) is 0 Å². The molecule has 1 aromatic carbocycles. The van der Waals surface area contributed by atoms with Crippen molar-refractivity contribution < 1.29 is 23.8 Å². The number of aromatic nitrogens is 2. The van der Waals surface area contributed by atoms with Crippen molar-refractivity contribution in [2.24, 2.45) is 0 Å².